The van der Waals surface area contributed by atoms with Crippen molar-refractivity contribution in [2.45, 2.75) is 78.3 Å². The lowest BCUT2D eigenvalue weighted by Gasteiger charge is -2.46. The molecule has 2 aliphatic carbocycles. The summed E-state index contributed by atoms with van der Waals surface area (Å²) in [6, 6.07) is 1.47. The lowest BCUT2D eigenvalue weighted by Crippen LogP contribution is -2.53. The lowest BCUT2D eigenvalue weighted by atomic mass is 9.67. The fraction of sp³-hybridized carbons (Fsp3) is 1.00. The van der Waals surface area contributed by atoms with Gasteiger partial charge in [-0.05, 0) is 62.9 Å². The lowest BCUT2D eigenvalue weighted by molar-refractivity contribution is 0.0608. The predicted molar refractivity (Wildman–Crippen MR) is 88.0 cm³/mol. The van der Waals surface area contributed by atoms with Crippen molar-refractivity contribution >= 4 is 0 Å². The SMILES string of the molecule is CCNC1CCC(C(C)(C)CC)CC1N(C)CC1CC1. The number of nitrogens with zero attached hydrogens (tertiary/aromatic N) is 1. The molecule has 3 atom stereocenters. The van der Waals surface area contributed by atoms with E-state index in [1.807, 2.05) is 0 Å². The average Bonchev–Trinajstić information content (AvgIpc) is 3.23. The molecule has 0 aliphatic heterocycles. The molecule has 1 N–H and O–H groups in total. The van der Waals surface area contributed by atoms with E-state index < -0.39 is 0 Å². The molecule has 20 heavy (non-hydrogen) atoms. The van der Waals surface area contributed by atoms with Gasteiger partial charge in [-0.2, -0.15) is 0 Å². The maximum Gasteiger partial charge on any atom is 0.0249 e. The van der Waals surface area contributed by atoms with E-state index in [0.29, 0.717) is 11.5 Å². The Bertz CT molecular complexity index is 296. The first-order valence-electron chi connectivity index (χ1n) is 8.91. The molecular weight excluding hydrogens is 244 g/mol. The molecule has 2 rings (SSSR count). The van der Waals surface area contributed by atoms with Crippen LogP contribution >= 0.6 is 0 Å². The van der Waals surface area contributed by atoms with Crippen LogP contribution in [0.15, 0.2) is 0 Å². The number of rotatable bonds is 7. The van der Waals surface area contributed by atoms with Crippen LogP contribution < -0.4 is 5.32 Å². The van der Waals surface area contributed by atoms with Gasteiger partial charge in [0.2, 0.25) is 0 Å². The standard InChI is InChI=1S/C18H36N2/c1-6-18(3,4)15-10-11-16(19-7-2)17(12-15)20(5)13-14-8-9-14/h14-17,19H,6-13H2,1-5H3. The molecule has 0 radical (unpaired) electrons. The predicted octanol–water partition coefficient (Wildman–Crippen LogP) is 3.91. The smallest absolute Gasteiger partial charge is 0.0249 e. The van der Waals surface area contributed by atoms with Crippen LogP contribution in [0.3, 0.4) is 0 Å². The Balaban J connectivity index is 2.00. The minimum Gasteiger partial charge on any atom is -0.313 e. The van der Waals surface area contributed by atoms with Crippen LogP contribution in [0, 0.1) is 17.3 Å². The molecule has 0 heterocycles. The van der Waals surface area contributed by atoms with E-state index in [1.165, 1.54) is 45.1 Å². The van der Waals surface area contributed by atoms with Gasteiger partial charge in [0.1, 0.15) is 0 Å². The minimum atomic E-state index is 0.510. The van der Waals surface area contributed by atoms with Crippen LogP contribution in [0.2, 0.25) is 0 Å². The zero-order valence-corrected chi connectivity index (χ0v) is 14.4. The summed E-state index contributed by atoms with van der Waals surface area (Å²) in [7, 11) is 2.37. The van der Waals surface area contributed by atoms with Crippen LogP contribution in [0.1, 0.15) is 66.2 Å². The molecule has 0 aromatic heterocycles. The second-order valence-electron chi connectivity index (χ2n) is 7.97. The van der Waals surface area contributed by atoms with Gasteiger partial charge < -0.3 is 10.2 Å². The molecule has 2 nitrogen and oxygen atoms in total. The van der Waals surface area contributed by atoms with E-state index >= 15 is 0 Å². The molecule has 2 heteroatoms. The summed E-state index contributed by atoms with van der Waals surface area (Å²) in [5, 5.41) is 3.76. The van der Waals surface area contributed by atoms with Gasteiger partial charge in [-0.3, -0.25) is 0 Å². The quantitative estimate of drug-likeness (QED) is 0.760. The Labute approximate surface area is 126 Å². The third-order valence-corrected chi connectivity index (χ3v) is 6.11. The maximum atomic E-state index is 3.76. The first-order valence-corrected chi connectivity index (χ1v) is 8.91. The fourth-order valence-corrected chi connectivity index (χ4v) is 3.98. The summed E-state index contributed by atoms with van der Waals surface area (Å²) < 4.78 is 0. The van der Waals surface area contributed by atoms with E-state index in [2.05, 4.69) is 45.0 Å². The van der Waals surface area contributed by atoms with Crippen LogP contribution in [-0.4, -0.2) is 37.1 Å². The van der Waals surface area contributed by atoms with Gasteiger partial charge in [-0.1, -0.05) is 34.1 Å². The van der Waals surface area contributed by atoms with Gasteiger partial charge in [-0.15, -0.1) is 0 Å². The van der Waals surface area contributed by atoms with Gasteiger partial charge in [0, 0.05) is 18.6 Å². The summed E-state index contributed by atoms with van der Waals surface area (Å²) in [5.41, 5.74) is 0.510. The molecule has 0 aromatic rings. The molecule has 0 aromatic carbocycles. The summed E-state index contributed by atoms with van der Waals surface area (Å²) in [5.74, 6) is 1.90. The number of nitrogens with one attached hydrogen (secondary N) is 1. The van der Waals surface area contributed by atoms with Crippen LogP contribution in [0.4, 0.5) is 0 Å². The molecule has 0 saturated heterocycles. The zero-order chi connectivity index (χ0) is 14.8. The average molecular weight is 281 g/mol. The second-order valence-corrected chi connectivity index (χ2v) is 7.97. The normalized spacial score (nSPS) is 31.8. The van der Waals surface area contributed by atoms with Crippen molar-refractivity contribution in [2.24, 2.45) is 17.3 Å². The summed E-state index contributed by atoms with van der Waals surface area (Å²) in [6.07, 6.45) is 8.40. The first kappa shape index (κ1) is 16.3. The van der Waals surface area contributed by atoms with Gasteiger partial charge in [0.25, 0.3) is 0 Å². The minimum absolute atomic E-state index is 0.510. The van der Waals surface area contributed by atoms with Crippen LogP contribution in [0.5, 0.6) is 0 Å². The Morgan fingerprint density at radius 1 is 1.10 bits per heavy atom. The van der Waals surface area contributed by atoms with E-state index in [1.54, 1.807) is 0 Å². The molecule has 118 valence electrons. The monoisotopic (exact) mass is 280 g/mol. The Hall–Kier alpha value is -0.0800. The van der Waals surface area contributed by atoms with Crippen molar-refractivity contribution in [3.63, 3.8) is 0 Å². The van der Waals surface area contributed by atoms with Crippen molar-refractivity contribution in [1.29, 1.82) is 0 Å². The van der Waals surface area contributed by atoms with Crippen LogP contribution in [-0.2, 0) is 0 Å². The Morgan fingerprint density at radius 2 is 1.80 bits per heavy atom. The van der Waals surface area contributed by atoms with E-state index in [4.69, 9.17) is 0 Å². The second kappa shape index (κ2) is 6.79. The van der Waals surface area contributed by atoms with Crippen LogP contribution in [0.25, 0.3) is 0 Å². The fourth-order valence-electron chi connectivity index (χ4n) is 3.98. The maximum absolute atomic E-state index is 3.76. The van der Waals surface area contributed by atoms with Crippen molar-refractivity contribution < 1.29 is 0 Å². The van der Waals surface area contributed by atoms with Crippen molar-refractivity contribution in [3.8, 4) is 0 Å². The van der Waals surface area contributed by atoms with E-state index in [0.717, 1.165) is 24.4 Å². The van der Waals surface area contributed by atoms with Gasteiger partial charge in [0.15, 0.2) is 0 Å². The Morgan fingerprint density at radius 3 is 2.35 bits per heavy atom. The molecule has 0 bridgehead atoms. The van der Waals surface area contributed by atoms with Gasteiger partial charge >= 0.3 is 0 Å². The highest BCUT2D eigenvalue weighted by Crippen LogP contribution is 2.42. The molecule has 2 fully saturated rings. The van der Waals surface area contributed by atoms with Gasteiger partial charge in [0.05, 0.1) is 0 Å². The Kier molecular flexibility index (Phi) is 5.53. The molecular formula is C18H36N2. The molecule has 3 unspecified atom stereocenters. The van der Waals surface area contributed by atoms with E-state index in [9.17, 15) is 0 Å². The highest BCUT2D eigenvalue weighted by molar-refractivity contribution is 4.95. The summed E-state index contributed by atoms with van der Waals surface area (Å²) >= 11 is 0. The van der Waals surface area contributed by atoms with E-state index in [-0.39, 0.29) is 0 Å². The third kappa shape index (κ3) is 3.98. The summed E-state index contributed by atoms with van der Waals surface area (Å²) in [4.78, 5) is 2.68. The zero-order valence-electron chi connectivity index (χ0n) is 14.4. The molecule has 0 amide bonds. The largest absolute Gasteiger partial charge is 0.313 e. The topological polar surface area (TPSA) is 15.3 Å². The third-order valence-electron chi connectivity index (χ3n) is 6.11. The molecule has 2 saturated carbocycles. The van der Waals surface area contributed by atoms with Crippen molar-refractivity contribution in [2.75, 3.05) is 20.1 Å². The summed E-state index contributed by atoms with van der Waals surface area (Å²) in [6.45, 7) is 12.0. The number of hydrogen-bond acceptors (Lipinski definition) is 2. The van der Waals surface area contributed by atoms with Gasteiger partial charge in [-0.25, -0.2) is 0 Å². The molecule has 2 aliphatic rings. The number of hydrogen-bond donors (Lipinski definition) is 1. The molecule has 0 spiro atoms. The highest BCUT2D eigenvalue weighted by Gasteiger charge is 2.39. The van der Waals surface area contributed by atoms with Crippen molar-refractivity contribution in [3.05, 3.63) is 0 Å². The number of likely N-dealkylation sites (N-methyl/N-ethyl adjacent to an activating group) is 2. The highest BCUT2D eigenvalue weighted by atomic mass is 15.2. The van der Waals surface area contributed by atoms with Crippen molar-refractivity contribution in [1.82, 2.24) is 10.2 Å². The first-order chi connectivity index (χ1) is 9.47.